The van der Waals surface area contributed by atoms with E-state index in [1.54, 1.807) is 0 Å². The van der Waals surface area contributed by atoms with E-state index in [-0.39, 0.29) is 30.2 Å². The molecule has 3 rings (SSSR count). The Labute approximate surface area is 161 Å². The minimum atomic E-state index is -0.252. The zero-order valence-electron chi connectivity index (χ0n) is 16.0. The Kier molecular flexibility index (Phi) is 7.02. The summed E-state index contributed by atoms with van der Waals surface area (Å²) < 4.78 is 17.5. The monoisotopic (exact) mass is 368 g/mol. The first-order chi connectivity index (χ1) is 13.1. The molecule has 2 aromatic carbocycles. The van der Waals surface area contributed by atoms with Gasteiger partial charge in [-0.15, -0.1) is 0 Å². The summed E-state index contributed by atoms with van der Waals surface area (Å²) in [4.78, 5) is 11.2. The molecular weight excluding hydrogens is 340 g/mol. The summed E-state index contributed by atoms with van der Waals surface area (Å²) in [7, 11) is 0. The van der Waals surface area contributed by atoms with Gasteiger partial charge in [0.1, 0.15) is 0 Å². The highest BCUT2D eigenvalue weighted by molar-refractivity contribution is 5.65. The van der Waals surface area contributed by atoms with E-state index >= 15 is 0 Å². The van der Waals surface area contributed by atoms with Crippen LogP contribution in [0.2, 0.25) is 0 Å². The van der Waals surface area contributed by atoms with E-state index in [1.807, 2.05) is 24.3 Å². The largest absolute Gasteiger partial charge is 0.466 e. The highest BCUT2D eigenvalue weighted by atomic mass is 16.7. The average molecular weight is 368 g/mol. The van der Waals surface area contributed by atoms with Crippen LogP contribution in [0.3, 0.4) is 0 Å². The molecule has 0 bridgehead atoms. The minimum absolute atomic E-state index is 0.0428. The van der Waals surface area contributed by atoms with Crippen molar-refractivity contribution < 1.29 is 19.0 Å². The lowest BCUT2D eigenvalue weighted by Gasteiger charge is -2.28. The molecule has 0 saturated carbocycles. The number of benzene rings is 2. The van der Waals surface area contributed by atoms with Crippen molar-refractivity contribution in [3.05, 3.63) is 71.8 Å². The quantitative estimate of drug-likeness (QED) is 0.650. The molecule has 2 aromatic rings. The summed E-state index contributed by atoms with van der Waals surface area (Å²) in [5, 5.41) is 0. The van der Waals surface area contributed by atoms with E-state index < -0.39 is 0 Å². The molecule has 4 heteroatoms. The fourth-order valence-corrected chi connectivity index (χ4v) is 3.68. The number of rotatable bonds is 8. The third-order valence-electron chi connectivity index (χ3n) is 5.03. The van der Waals surface area contributed by atoms with Gasteiger partial charge in [0.2, 0.25) is 0 Å². The number of hydrogen-bond acceptors (Lipinski definition) is 4. The number of aryl methyl sites for hydroxylation is 1. The zero-order valence-corrected chi connectivity index (χ0v) is 16.0. The van der Waals surface area contributed by atoms with Crippen LogP contribution in [0.15, 0.2) is 60.7 Å². The van der Waals surface area contributed by atoms with Crippen LogP contribution in [-0.4, -0.2) is 31.6 Å². The van der Waals surface area contributed by atoms with Crippen LogP contribution in [-0.2, 0) is 25.4 Å². The maximum Gasteiger partial charge on any atom is 0.302 e. The highest BCUT2D eigenvalue weighted by Crippen LogP contribution is 2.34. The molecule has 0 aliphatic carbocycles. The fourth-order valence-electron chi connectivity index (χ4n) is 3.68. The van der Waals surface area contributed by atoms with Gasteiger partial charge in [0, 0.05) is 19.3 Å². The summed E-state index contributed by atoms with van der Waals surface area (Å²) in [6.07, 6.45) is 1.53. The summed E-state index contributed by atoms with van der Waals surface area (Å²) in [6, 6.07) is 20.7. The van der Waals surface area contributed by atoms with Crippen LogP contribution in [0, 0.1) is 5.92 Å². The Morgan fingerprint density at radius 3 is 2.44 bits per heavy atom. The van der Waals surface area contributed by atoms with Gasteiger partial charge in [-0.3, -0.25) is 4.79 Å². The van der Waals surface area contributed by atoms with Crippen molar-refractivity contribution >= 4 is 5.97 Å². The normalized spacial score (nSPS) is 21.6. The van der Waals surface area contributed by atoms with Crippen LogP contribution in [0.4, 0.5) is 0 Å². The van der Waals surface area contributed by atoms with E-state index in [2.05, 4.69) is 43.3 Å². The molecule has 4 unspecified atom stereocenters. The third-order valence-corrected chi connectivity index (χ3v) is 5.03. The van der Waals surface area contributed by atoms with Crippen molar-refractivity contribution in [1.29, 1.82) is 0 Å². The molecule has 4 atom stereocenters. The predicted octanol–water partition coefficient (Wildman–Crippen LogP) is 4.34. The standard InChI is InChI=1S/C23H28O4/c1-17(15-25-18(2)24)23(20-11-7-4-8-12-20)21-16-26-22(27-21)14-13-19-9-5-3-6-10-19/h3-12,17,21-23H,13-16H2,1-2H3. The molecular formula is C23H28O4. The number of carbonyl (C=O) groups is 1. The molecule has 0 radical (unpaired) electrons. The smallest absolute Gasteiger partial charge is 0.302 e. The predicted molar refractivity (Wildman–Crippen MR) is 104 cm³/mol. The van der Waals surface area contributed by atoms with Crippen molar-refractivity contribution in [2.75, 3.05) is 13.2 Å². The van der Waals surface area contributed by atoms with Gasteiger partial charge in [-0.05, 0) is 23.5 Å². The molecule has 144 valence electrons. The SMILES string of the molecule is CC(=O)OCC(C)C(c1ccccc1)C1COC(CCc2ccccc2)O1. The molecule has 1 aliphatic heterocycles. The van der Waals surface area contributed by atoms with Crippen LogP contribution in [0.5, 0.6) is 0 Å². The van der Waals surface area contributed by atoms with Gasteiger partial charge in [-0.25, -0.2) is 0 Å². The summed E-state index contributed by atoms with van der Waals surface area (Å²) in [6.45, 7) is 4.48. The Hall–Kier alpha value is -2.17. The van der Waals surface area contributed by atoms with Gasteiger partial charge in [0.05, 0.1) is 19.3 Å². The number of hydrogen-bond donors (Lipinski definition) is 0. The second kappa shape index (κ2) is 9.67. The Morgan fingerprint density at radius 2 is 1.78 bits per heavy atom. The lowest BCUT2D eigenvalue weighted by atomic mass is 9.83. The van der Waals surface area contributed by atoms with Crippen LogP contribution >= 0.6 is 0 Å². The molecule has 27 heavy (non-hydrogen) atoms. The first-order valence-corrected chi connectivity index (χ1v) is 9.63. The van der Waals surface area contributed by atoms with E-state index in [4.69, 9.17) is 14.2 Å². The summed E-state index contributed by atoms with van der Waals surface area (Å²) in [5.74, 6) is 0.00281. The fraction of sp³-hybridized carbons (Fsp3) is 0.435. The van der Waals surface area contributed by atoms with Crippen LogP contribution < -0.4 is 0 Å². The Bertz CT molecular complexity index is 701. The maximum absolute atomic E-state index is 11.2. The molecule has 1 heterocycles. The van der Waals surface area contributed by atoms with E-state index in [0.717, 1.165) is 12.8 Å². The van der Waals surface area contributed by atoms with Crippen molar-refractivity contribution in [3.8, 4) is 0 Å². The molecule has 1 aliphatic rings. The van der Waals surface area contributed by atoms with Gasteiger partial charge in [0.25, 0.3) is 0 Å². The average Bonchev–Trinajstić information content (AvgIpc) is 3.15. The van der Waals surface area contributed by atoms with Gasteiger partial charge in [-0.2, -0.15) is 0 Å². The molecule has 0 amide bonds. The van der Waals surface area contributed by atoms with Crippen LogP contribution in [0.25, 0.3) is 0 Å². The second-order valence-corrected chi connectivity index (χ2v) is 7.18. The van der Waals surface area contributed by atoms with E-state index in [9.17, 15) is 4.79 Å². The molecule has 1 saturated heterocycles. The molecule has 0 N–H and O–H groups in total. The third kappa shape index (κ3) is 5.65. The Morgan fingerprint density at radius 1 is 1.11 bits per heavy atom. The first kappa shape index (κ1) is 19.6. The highest BCUT2D eigenvalue weighted by Gasteiger charge is 2.36. The van der Waals surface area contributed by atoms with Crippen molar-refractivity contribution in [2.24, 2.45) is 5.92 Å². The number of carbonyl (C=O) groups excluding carboxylic acids is 1. The zero-order chi connectivity index (χ0) is 19.1. The van der Waals surface area contributed by atoms with Gasteiger partial charge in [0.15, 0.2) is 6.29 Å². The number of esters is 1. The van der Waals surface area contributed by atoms with E-state index in [0.29, 0.717) is 13.2 Å². The second-order valence-electron chi connectivity index (χ2n) is 7.18. The van der Waals surface area contributed by atoms with Gasteiger partial charge >= 0.3 is 5.97 Å². The molecule has 0 spiro atoms. The first-order valence-electron chi connectivity index (χ1n) is 9.63. The minimum Gasteiger partial charge on any atom is -0.466 e. The van der Waals surface area contributed by atoms with Crippen molar-refractivity contribution in [1.82, 2.24) is 0 Å². The van der Waals surface area contributed by atoms with Crippen LogP contribution in [0.1, 0.15) is 37.3 Å². The summed E-state index contributed by atoms with van der Waals surface area (Å²) in [5.41, 5.74) is 2.48. The van der Waals surface area contributed by atoms with Crippen molar-refractivity contribution in [3.63, 3.8) is 0 Å². The van der Waals surface area contributed by atoms with E-state index in [1.165, 1.54) is 18.1 Å². The molecule has 4 nitrogen and oxygen atoms in total. The topological polar surface area (TPSA) is 44.8 Å². The summed E-state index contributed by atoms with van der Waals surface area (Å²) >= 11 is 0. The lowest BCUT2D eigenvalue weighted by Crippen LogP contribution is -2.30. The van der Waals surface area contributed by atoms with Gasteiger partial charge in [-0.1, -0.05) is 67.6 Å². The lowest BCUT2D eigenvalue weighted by molar-refractivity contribution is -0.143. The van der Waals surface area contributed by atoms with Crippen molar-refractivity contribution in [2.45, 2.75) is 45.0 Å². The number of ether oxygens (including phenoxy) is 3. The maximum atomic E-state index is 11.2. The Balaban J connectivity index is 1.63. The molecule has 1 fully saturated rings. The molecule has 0 aromatic heterocycles. The van der Waals surface area contributed by atoms with Gasteiger partial charge < -0.3 is 14.2 Å².